The summed E-state index contributed by atoms with van der Waals surface area (Å²) in [6.07, 6.45) is 4.67. The largest absolute Gasteiger partial charge is 0.446 e. The molecule has 0 aromatic heterocycles. The maximum Gasteiger partial charge on any atom is 0.414 e. The number of nitriles is 1. The number of hydrogen-bond acceptors (Lipinski definition) is 7. The van der Waals surface area contributed by atoms with Gasteiger partial charge >= 0.3 is 6.09 Å². The lowest BCUT2D eigenvalue weighted by atomic mass is 9.91. The second-order valence-corrected chi connectivity index (χ2v) is 10.1. The monoisotopic (exact) mass is 460 g/mol. The Hall–Kier alpha value is -2.38. The lowest BCUT2D eigenvalue weighted by Gasteiger charge is -2.42. The molecule has 10 heteroatoms. The van der Waals surface area contributed by atoms with Gasteiger partial charge in [-0.25, -0.2) is 9.79 Å². The molecule has 1 atom stereocenters. The molecule has 3 heterocycles. The van der Waals surface area contributed by atoms with Crippen molar-refractivity contribution in [2.45, 2.75) is 82.0 Å². The number of piperidine rings is 1. The van der Waals surface area contributed by atoms with Crippen molar-refractivity contribution in [3.63, 3.8) is 0 Å². The predicted molar refractivity (Wildman–Crippen MR) is 121 cm³/mol. The van der Waals surface area contributed by atoms with E-state index in [9.17, 15) is 14.9 Å². The lowest BCUT2D eigenvalue weighted by molar-refractivity contribution is -0.136. The Morgan fingerprint density at radius 1 is 1.24 bits per heavy atom. The topological polar surface area (TPSA) is 119 Å². The third kappa shape index (κ3) is 5.09. The average molecular weight is 461 g/mol. The summed E-state index contributed by atoms with van der Waals surface area (Å²) in [5.74, 6) is 0.216. The van der Waals surface area contributed by atoms with Gasteiger partial charge in [-0.3, -0.25) is 10.1 Å². The van der Waals surface area contributed by atoms with Gasteiger partial charge in [0.25, 0.3) is 0 Å². The van der Waals surface area contributed by atoms with Crippen molar-refractivity contribution in [3.05, 3.63) is 0 Å². The van der Waals surface area contributed by atoms with Gasteiger partial charge < -0.3 is 24.6 Å². The fraction of sp³-hybridized carbons (Fsp3) is 0.826. The van der Waals surface area contributed by atoms with Gasteiger partial charge in [-0.15, -0.1) is 0 Å². The van der Waals surface area contributed by atoms with E-state index in [4.69, 9.17) is 14.5 Å². The third-order valence-corrected chi connectivity index (χ3v) is 7.23. The van der Waals surface area contributed by atoms with Crippen LogP contribution in [0.5, 0.6) is 0 Å². The zero-order chi connectivity index (χ0) is 23.5. The molecule has 1 aliphatic carbocycles. The van der Waals surface area contributed by atoms with Crippen LogP contribution in [0.15, 0.2) is 4.99 Å². The van der Waals surface area contributed by atoms with E-state index in [-0.39, 0.29) is 12.0 Å². The van der Waals surface area contributed by atoms with E-state index in [1.165, 1.54) is 0 Å². The molecule has 4 fully saturated rings. The molecule has 2 N–H and O–H groups in total. The number of carbonyl (C=O) groups is 2. The number of carbonyl (C=O) groups excluding carboxylic acids is 2. The highest BCUT2D eigenvalue weighted by Crippen LogP contribution is 2.44. The molecule has 33 heavy (non-hydrogen) atoms. The van der Waals surface area contributed by atoms with Crippen LogP contribution in [0.2, 0.25) is 0 Å². The quantitative estimate of drug-likeness (QED) is 0.482. The van der Waals surface area contributed by atoms with Gasteiger partial charge in [-0.1, -0.05) is 0 Å². The second-order valence-electron chi connectivity index (χ2n) is 10.1. The van der Waals surface area contributed by atoms with Crippen molar-refractivity contribution in [1.29, 1.82) is 5.26 Å². The number of nitrogens with zero attached hydrogens (tertiary/aromatic N) is 4. The van der Waals surface area contributed by atoms with Crippen LogP contribution >= 0.6 is 0 Å². The van der Waals surface area contributed by atoms with E-state index in [0.717, 1.165) is 38.8 Å². The molecular formula is C23H36N6O4. The van der Waals surface area contributed by atoms with Crippen LogP contribution in [0.3, 0.4) is 0 Å². The van der Waals surface area contributed by atoms with Gasteiger partial charge in [0, 0.05) is 25.0 Å². The average Bonchev–Trinajstić information content (AvgIpc) is 3.37. The van der Waals surface area contributed by atoms with Gasteiger partial charge in [0.05, 0.1) is 19.3 Å². The van der Waals surface area contributed by atoms with Crippen LogP contribution in [0.25, 0.3) is 0 Å². The maximum absolute atomic E-state index is 13.6. The number of likely N-dealkylation sites (tertiary alicyclic amines) is 1. The van der Waals surface area contributed by atoms with Crippen molar-refractivity contribution in [3.8, 4) is 6.07 Å². The molecule has 182 valence electrons. The Balaban J connectivity index is 1.54. The number of morpholine rings is 1. The third-order valence-electron chi connectivity index (χ3n) is 7.23. The standard InChI is InChI=1S/C23H36N6O4/c1-22(2)15-18(19(30)29(22)23(16-24)7-3-4-8-23)26-20(28-11-13-32-14-12-28)27-21(31)33-17-5-9-25-10-6-17/h17-18,25H,3-15H2,1-2H3,(H,26,27,31)/t18-/m0/s1. The summed E-state index contributed by atoms with van der Waals surface area (Å²) in [7, 11) is 0. The fourth-order valence-corrected chi connectivity index (χ4v) is 5.64. The van der Waals surface area contributed by atoms with Gasteiger partial charge in [0.15, 0.2) is 0 Å². The summed E-state index contributed by atoms with van der Waals surface area (Å²) >= 11 is 0. The molecule has 0 aromatic rings. The molecule has 0 radical (unpaired) electrons. The molecule has 3 saturated heterocycles. The van der Waals surface area contributed by atoms with Crippen LogP contribution in [0, 0.1) is 11.3 Å². The zero-order valence-corrected chi connectivity index (χ0v) is 19.8. The molecule has 1 saturated carbocycles. The minimum Gasteiger partial charge on any atom is -0.446 e. The molecule has 0 unspecified atom stereocenters. The number of rotatable bonds is 3. The molecule has 4 aliphatic rings. The first kappa shape index (κ1) is 23.8. The molecule has 10 nitrogen and oxygen atoms in total. The van der Waals surface area contributed by atoms with Crippen molar-refractivity contribution < 1.29 is 19.1 Å². The smallest absolute Gasteiger partial charge is 0.414 e. The van der Waals surface area contributed by atoms with Gasteiger partial charge in [-0.2, -0.15) is 5.26 Å². The number of nitrogens with one attached hydrogen (secondary N) is 2. The van der Waals surface area contributed by atoms with E-state index in [1.54, 1.807) is 4.90 Å². The van der Waals surface area contributed by atoms with Crippen LogP contribution in [-0.4, -0.2) is 90.4 Å². The van der Waals surface area contributed by atoms with Gasteiger partial charge in [0.2, 0.25) is 11.9 Å². The lowest BCUT2D eigenvalue weighted by Crippen LogP contribution is -2.55. The summed E-state index contributed by atoms with van der Waals surface area (Å²) in [6.45, 7) is 7.85. The van der Waals surface area contributed by atoms with Crippen LogP contribution in [0.1, 0.15) is 58.8 Å². The Labute approximate surface area is 195 Å². The first-order valence-corrected chi connectivity index (χ1v) is 12.2. The summed E-state index contributed by atoms with van der Waals surface area (Å²) in [4.78, 5) is 34.7. The minimum absolute atomic E-state index is 0.127. The number of amides is 2. The van der Waals surface area contributed by atoms with Crippen molar-refractivity contribution in [1.82, 2.24) is 20.4 Å². The second kappa shape index (κ2) is 9.85. The molecule has 2 amide bonds. The summed E-state index contributed by atoms with van der Waals surface area (Å²) in [5.41, 5.74) is -1.25. The van der Waals surface area contributed by atoms with E-state index in [2.05, 4.69) is 16.7 Å². The normalized spacial score (nSPS) is 28.0. The van der Waals surface area contributed by atoms with E-state index >= 15 is 0 Å². The Bertz CT molecular complexity index is 804. The summed E-state index contributed by atoms with van der Waals surface area (Å²) < 4.78 is 11.1. The maximum atomic E-state index is 13.6. The number of ether oxygens (including phenoxy) is 2. The van der Waals surface area contributed by atoms with Gasteiger partial charge in [0.1, 0.15) is 17.7 Å². The summed E-state index contributed by atoms with van der Waals surface area (Å²) in [6, 6.07) is 1.81. The molecule has 0 aromatic carbocycles. The Morgan fingerprint density at radius 3 is 2.55 bits per heavy atom. The van der Waals surface area contributed by atoms with E-state index in [0.29, 0.717) is 51.5 Å². The minimum atomic E-state index is -0.759. The van der Waals surface area contributed by atoms with Crippen LogP contribution in [0.4, 0.5) is 4.79 Å². The highest BCUT2D eigenvalue weighted by Gasteiger charge is 2.55. The first-order valence-electron chi connectivity index (χ1n) is 12.2. The molecule has 0 spiro atoms. The molecule has 3 aliphatic heterocycles. The molecular weight excluding hydrogens is 424 g/mol. The van der Waals surface area contributed by atoms with Crippen LogP contribution < -0.4 is 10.6 Å². The van der Waals surface area contributed by atoms with Gasteiger partial charge in [-0.05, 0) is 65.5 Å². The zero-order valence-electron chi connectivity index (χ0n) is 19.8. The SMILES string of the molecule is CC1(C)C[C@H](N=C(NC(=O)OC2CCNCC2)N2CCOCC2)C(=O)N1C1(C#N)CCCC1. The van der Waals surface area contributed by atoms with Crippen LogP contribution in [-0.2, 0) is 14.3 Å². The summed E-state index contributed by atoms with van der Waals surface area (Å²) in [5, 5.41) is 16.1. The van der Waals surface area contributed by atoms with E-state index < -0.39 is 23.2 Å². The first-order chi connectivity index (χ1) is 15.8. The Morgan fingerprint density at radius 2 is 1.91 bits per heavy atom. The highest BCUT2D eigenvalue weighted by atomic mass is 16.6. The van der Waals surface area contributed by atoms with E-state index in [1.807, 2.05) is 18.7 Å². The van der Waals surface area contributed by atoms with Crippen molar-refractivity contribution >= 4 is 18.0 Å². The number of alkyl carbamates (subject to hydrolysis) is 1. The fourth-order valence-electron chi connectivity index (χ4n) is 5.64. The molecule has 0 bridgehead atoms. The predicted octanol–water partition coefficient (Wildman–Crippen LogP) is 1.37. The Kier molecular flexibility index (Phi) is 7.10. The van der Waals surface area contributed by atoms with Crippen molar-refractivity contribution in [2.24, 2.45) is 4.99 Å². The highest BCUT2D eigenvalue weighted by molar-refractivity contribution is 5.96. The molecule has 4 rings (SSSR count). The van der Waals surface area contributed by atoms with Crippen molar-refractivity contribution in [2.75, 3.05) is 39.4 Å². The number of aliphatic imine (C=N–C) groups is 1. The number of guanidine groups is 1. The number of hydrogen-bond donors (Lipinski definition) is 2.